The van der Waals surface area contributed by atoms with Crippen molar-refractivity contribution in [2.24, 2.45) is 0 Å². The number of nitrogens with zero attached hydrogens (tertiary/aromatic N) is 2. The molecule has 5 heteroatoms. The molecule has 2 N–H and O–H groups in total. The van der Waals surface area contributed by atoms with Crippen LogP contribution in [0, 0.1) is 0 Å². The first kappa shape index (κ1) is 12.8. The number of aromatic nitrogens is 1. The highest BCUT2D eigenvalue weighted by atomic mass is 16.5. The second-order valence-corrected chi connectivity index (χ2v) is 4.61. The quantitative estimate of drug-likeness (QED) is 0.862. The van der Waals surface area contributed by atoms with Gasteiger partial charge in [0.05, 0.1) is 18.3 Å². The van der Waals surface area contributed by atoms with Crippen molar-refractivity contribution in [2.75, 3.05) is 26.0 Å². The molecular weight excluding hydrogens is 230 g/mol. The molecule has 1 aliphatic rings. The number of likely N-dealkylation sites (N-methyl/N-ethyl adjacent to an activating group) is 1. The monoisotopic (exact) mass is 249 g/mol. The Balaban J connectivity index is 1.92. The number of ether oxygens (including phenoxy) is 1. The number of rotatable bonds is 3. The predicted octanol–water partition coefficient (Wildman–Crippen LogP) is 0.844. The van der Waals surface area contributed by atoms with Crippen LogP contribution in [0.4, 0.5) is 5.69 Å². The molecule has 0 saturated carbocycles. The Morgan fingerprint density at radius 3 is 2.83 bits per heavy atom. The van der Waals surface area contributed by atoms with Crippen molar-refractivity contribution in [3.8, 4) is 0 Å². The minimum atomic E-state index is 0.0965. The fraction of sp³-hybridized carbons (Fsp3) is 0.538. The summed E-state index contributed by atoms with van der Waals surface area (Å²) in [4.78, 5) is 18.1. The van der Waals surface area contributed by atoms with Crippen LogP contribution in [0.3, 0.4) is 0 Å². The Bertz CT molecular complexity index is 399. The summed E-state index contributed by atoms with van der Waals surface area (Å²) in [6.07, 6.45) is 3.74. The smallest absolute Gasteiger partial charge is 0.228 e. The second kappa shape index (κ2) is 5.82. The molecule has 1 aliphatic heterocycles. The Labute approximate surface area is 107 Å². The van der Waals surface area contributed by atoms with Gasteiger partial charge < -0.3 is 15.4 Å². The number of anilines is 1. The van der Waals surface area contributed by atoms with Crippen LogP contribution in [0.1, 0.15) is 18.5 Å². The molecule has 1 aromatic heterocycles. The Morgan fingerprint density at radius 2 is 2.22 bits per heavy atom. The van der Waals surface area contributed by atoms with Gasteiger partial charge in [-0.2, -0.15) is 0 Å². The van der Waals surface area contributed by atoms with Crippen LogP contribution in [0.15, 0.2) is 18.3 Å². The molecule has 5 nitrogen and oxygen atoms in total. The van der Waals surface area contributed by atoms with Crippen molar-refractivity contribution < 1.29 is 9.53 Å². The number of pyridine rings is 1. The second-order valence-electron chi connectivity index (χ2n) is 4.61. The van der Waals surface area contributed by atoms with E-state index < -0.39 is 0 Å². The third-order valence-electron chi connectivity index (χ3n) is 3.31. The van der Waals surface area contributed by atoms with Gasteiger partial charge in [0.1, 0.15) is 0 Å². The molecule has 1 fully saturated rings. The maximum atomic E-state index is 12.1. The molecule has 0 unspecified atom stereocenters. The Hall–Kier alpha value is -1.62. The van der Waals surface area contributed by atoms with Gasteiger partial charge in [-0.15, -0.1) is 0 Å². The number of carbonyl (C=O) groups is 1. The number of nitrogen functional groups attached to an aromatic ring is 1. The van der Waals surface area contributed by atoms with E-state index in [9.17, 15) is 4.79 Å². The van der Waals surface area contributed by atoms with Crippen LogP contribution < -0.4 is 5.73 Å². The molecule has 0 aromatic carbocycles. The highest BCUT2D eigenvalue weighted by Crippen LogP contribution is 2.14. The highest BCUT2D eigenvalue weighted by Gasteiger charge is 2.22. The molecule has 2 rings (SSSR count). The van der Waals surface area contributed by atoms with Crippen molar-refractivity contribution in [3.05, 3.63) is 24.0 Å². The summed E-state index contributed by atoms with van der Waals surface area (Å²) in [5.74, 6) is 0.0965. The van der Waals surface area contributed by atoms with Gasteiger partial charge in [-0.1, -0.05) is 0 Å². The van der Waals surface area contributed by atoms with Crippen LogP contribution in [0.5, 0.6) is 0 Å². The van der Waals surface area contributed by atoms with E-state index in [2.05, 4.69) is 4.98 Å². The van der Waals surface area contributed by atoms with Gasteiger partial charge >= 0.3 is 0 Å². The zero-order valence-corrected chi connectivity index (χ0v) is 10.6. The summed E-state index contributed by atoms with van der Waals surface area (Å²) >= 11 is 0. The first-order chi connectivity index (χ1) is 8.66. The number of hydrogen-bond acceptors (Lipinski definition) is 4. The van der Waals surface area contributed by atoms with Crippen molar-refractivity contribution in [2.45, 2.75) is 25.3 Å². The normalized spacial score (nSPS) is 16.5. The van der Waals surface area contributed by atoms with Gasteiger partial charge in [0, 0.05) is 32.0 Å². The maximum Gasteiger partial charge on any atom is 0.228 e. The van der Waals surface area contributed by atoms with E-state index >= 15 is 0 Å². The van der Waals surface area contributed by atoms with Crippen molar-refractivity contribution in [1.82, 2.24) is 9.88 Å². The average Bonchev–Trinajstić information content (AvgIpc) is 2.41. The summed E-state index contributed by atoms with van der Waals surface area (Å²) in [6.45, 7) is 1.48. The van der Waals surface area contributed by atoms with Crippen molar-refractivity contribution in [1.29, 1.82) is 0 Å². The minimum absolute atomic E-state index is 0.0965. The largest absolute Gasteiger partial charge is 0.397 e. The number of amides is 1. The van der Waals surface area contributed by atoms with E-state index in [0.717, 1.165) is 31.7 Å². The van der Waals surface area contributed by atoms with Crippen LogP contribution >= 0.6 is 0 Å². The van der Waals surface area contributed by atoms with E-state index in [0.29, 0.717) is 18.2 Å². The maximum absolute atomic E-state index is 12.1. The third kappa shape index (κ3) is 3.20. The zero-order chi connectivity index (χ0) is 13.0. The Kier molecular flexibility index (Phi) is 4.15. The van der Waals surface area contributed by atoms with E-state index in [1.807, 2.05) is 11.9 Å². The Morgan fingerprint density at radius 1 is 1.50 bits per heavy atom. The van der Waals surface area contributed by atoms with Crippen LogP contribution in [-0.4, -0.2) is 42.1 Å². The predicted molar refractivity (Wildman–Crippen MR) is 69.0 cm³/mol. The first-order valence-corrected chi connectivity index (χ1v) is 6.20. The molecule has 0 atom stereocenters. The van der Waals surface area contributed by atoms with Gasteiger partial charge in [-0.05, 0) is 25.0 Å². The summed E-state index contributed by atoms with van der Waals surface area (Å²) in [5, 5.41) is 0. The average molecular weight is 249 g/mol. The molecule has 0 bridgehead atoms. The lowest BCUT2D eigenvalue weighted by Gasteiger charge is -2.31. The van der Waals surface area contributed by atoms with E-state index in [1.165, 1.54) is 0 Å². The molecule has 2 heterocycles. The van der Waals surface area contributed by atoms with Gasteiger partial charge in [0.15, 0.2) is 0 Å². The molecular formula is C13H19N3O2. The van der Waals surface area contributed by atoms with Crippen molar-refractivity contribution >= 4 is 11.6 Å². The standard InChI is InChI=1S/C13H19N3O2/c1-16(12-4-6-18-7-5-12)13(17)8-11-3-2-10(14)9-15-11/h2-3,9,12H,4-8,14H2,1H3. The molecule has 0 spiro atoms. The molecule has 0 aliphatic carbocycles. The van der Waals surface area contributed by atoms with E-state index in [1.54, 1.807) is 18.3 Å². The fourth-order valence-corrected chi connectivity index (χ4v) is 2.10. The van der Waals surface area contributed by atoms with Gasteiger partial charge in [0.25, 0.3) is 0 Å². The first-order valence-electron chi connectivity index (χ1n) is 6.20. The minimum Gasteiger partial charge on any atom is -0.397 e. The van der Waals surface area contributed by atoms with Crippen molar-refractivity contribution in [3.63, 3.8) is 0 Å². The lowest BCUT2D eigenvalue weighted by molar-refractivity contribution is -0.132. The number of carbonyl (C=O) groups excluding carboxylic acids is 1. The van der Waals surface area contributed by atoms with E-state index in [4.69, 9.17) is 10.5 Å². The molecule has 1 amide bonds. The molecule has 18 heavy (non-hydrogen) atoms. The molecule has 0 radical (unpaired) electrons. The molecule has 98 valence electrons. The molecule has 1 saturated heterocycles. The summed E-state index contributed by atoms with van der Waals surface area (Å²) in [6, 6.07) is 3.86. The van der Waals surface area contributed by atoms with Gasteiger partial charge in [-0.25, -0.2) is 0 Å². The number of hydrogen-bond donors (Lipinski definition) is 1. The molecule has 1 aromatic rings. The highest BCUT2D eigenvalue weighted by molar-refractivity contribution is 5.78. The lowest BCUT2D eigenvalue weighted by atomic mass is 10.1. The summed E-state index contributed by atoms with van der Waals surface area (Å²) < 4.78 is 5.30. The lowest BCUT2D eigenvalue weighted by Crippen LogP contribution is -2.41. The third-order valence-corrected chi connectivity index (χ3v) is 3.31. The van der Waals surface area contributed by atoms with Gasteiger partial charge in [-0.3, -0.25) is 9.78 Å². The summed E-state index contributed by atoms with van der Waals surface area (Å²) in [5.41, 5.74) is 6.93. The summed E-state index contributed by atoms with van der Waals surface area (Å²) in [7, 11) is 1.86. The van der Waals surface area contributed by atoms with Crippen LogP contribution in [0.2, 0.25) is 0 Å². The SMILES string of the molecule is CN(C(=O)Cc1ccc(N)cn1)C1CCOCC1. The van der Waals surface area contributed by atoms with Gasteiger partial charge in [0.2, 0.25) is 5.91 Å². The van der Waals surface area contributed by atoms with E-state index in [-0.39, 0.29) is 5.91 Å². The zero-order valence-electron chi connectivity index (χ0n) is 10.6. The van der Waals surface area contributed by atoms with Crippen LogP contribution in [-0.2, 0) is 16.0 Å². The van der Waals surface area contributed by atoms with Crippen LogP contribution in [0.25, 0.3) is 0 Å². The number of nitrogens with two attached hydrogens (primary N) is 1. The topological polar surface area (TPSA) is 68.5 Å². The fourth-order valence-electron chi connectivity index (χ4n) is 2.10.